The van der Waals surface area contributed by atoms with Gasteiger partial charge >= 0.3 is 11.9 Å². The fraction of sp³-hybridized carbons (Fsp3) is 0.613. The minimum Gasteiger partial charge on any atom is -0.493 e. The monoisotopic (exact) mass is 516 g/mol. The summed E-state index contributed by atoms with van der Waals surface area (Å²) in [5.41, 5.74) is 1.29. The van der Waals surface area contributed by atoms with E-state index in [1.54, 1.807) is 20.1 Å². The predicted molar refractivity (Wildman–Crippen MR) is 150 cm³/mol. The number of ether oxygens (including phenoxy) is 4. The molecule has 1 aromatic carbocycles. The van der Waals surface area contributed by atoms with Gasteiger partial charge in [-0.15, -0.1) is 0 Å². The Bertz CT molecular complexity index is 829. The fourth-order valence-electron chi connectivity index (χ4n) is 4.05. The first-order valence-electron chi connectivity index (χ1n) is 13.8. The van der Waals surface area contributed by atoms with Gasteiger partial charge in [0.05, 0.1) is 27.4 Å². The zero-order chi connectivity index (χ0) is 27.3. The van der Waals surface area contributed by atoms with Gasteiger partial charge in [-0.3, -0.25) is 0 Å². The third-order valence-corrected chi connectivity index (χ3v) is 6.33. The normalized spacial score (nSPS) is 11.8. The van der Waals surface area contributed by atoms with Crippen molar-refractivity contribution in [3.8, 4) is 11.5 Å². The standard InChI is InChI=1S/C31H48O6/c1-6-7-8-9-10-13-16-27(24-37-31(33)25(2)3)17-14-11-12-15-22-36-28-20-18-26(23-29(28)34-4)19-21-30(32)35-5/h18-21,23,27H,2,6-17,22,24H2,1,3-5H3/b21-19+. The van der Waals surface area contributed by atoms with Gasteiger partial charge in [-0.05, 0) is 55.9 Å². The van der Waals surface area contributed by atoms with Gasteiger partial charge in [0.15, 0.2) is 11.5 Å². The van der Waals surface area contributed by atoms with E-state index in [2.05, 4.69) is 18.2 Å². The molecule has 0 aromatic heterocycles. The van der Waals surface area contributed by atoms with Crippen LogP contribution in [0, 0.1) is 5.92 Å². The molecule has 0 heterocycles. The van der Waals surface area contributed by atoms with Crippen molar-refractivity contribution in [1.82, 2.24) is 0 Å². The molecule has 6 nitrogen and oxygen atoms in total. The first kappa shape index (κ1) is 32.3. The highest BCUT2D eigenvalue weighted by Gasteiger charge is 2.13. The van der Waals surface area contributed by atoms with Crippen LogP contribution in [0.25, 0.3) is 6.08 Å². The van der Waals surface area contributed by atoms with Crippen molar-refractivity contribution >= 4 is 18.0 Å². The summed E-state index contributed by atoms with van der Waals surface area (Å²) in [5.74, 6) is 1.06. The summed E-state index contributed by atoms with van der Waals surface area (Å²) in [6.45, 7) is 8.72. The van der Waals surface area contributed by atoms with Crippen LogP contribution in [0.5, 0.6) is 11.5 Å². The SMILES string of the molecule is C=C(C)C(=O)OCC(CCCCCCCC)CCCCCCOc1ccc(/C=C/C(=O)OC)cc1OC. The molecular weight excluding hydrogens is 468 g/mol. The second-order valence-electron chi connectivity index (χ2n) is 9.62. The van der Waals surface area contributed by atoms with E-state index >= 15 is 0 Å². The molecule has 1 unspecified atom stereocenters. The predicted octanol–water partition coefficient (Wildman–Crippen LogP) is 7.70. The first-order chi connectivity index (χ1) is 17.9. The molecule has 0 aliphatic carbocycles. The number of esters is 2. The highest BCUT2D eigenvalue weighted by molar-refractivity contribution is 5.87. The molecule has 6 heteroatoms. The molecule has 0 aliphatic rings. The van der Waals surface area contributed by atoms with Gasteiger partial charge in [0, 0.05) is 11.6 Å². The molecule has 0 saturated carbocycles. The molecule has 0 spiro atoms. The molecule has 1 aromatic rings. The Kier molecular flexibility index (Phi) is 17.7. The zero-order valence-corrected chi connectivity index (χ0v) is 23.5. The van der Waals surface area contributed by atoms with Crippen LogP contribution in [-0.2, 0) is 19.1 Å². The zero-order valence-electron chi connectivity index (χ0n) is 23.5. The molecule has 0 fully saturated rings. The highest BCUT2D eigenvalue weighted by atomic mass is 16.5. The number of benzene rings is 1. The molecule has 37 heavy (non-hydrogen) atoms. The Labute approximate surface area is 224 Å². The van der Waals surface area contributed by atoms with Gasteiger partial charge in [0.25, 0.3) is 0 Å². The summed E-state index contributed by atoms with van der Waals surface area (Å²) < 4.78 is 21.5. The van der Waals surface area contributed by atoms with E-state index in [1.165, 1.54) is 51.7 Å². The maximum absolute atomic E-state index is 11.8. The fourth-order valence-corrected chi connectivity index (χ4v) is 4.05. The lowest BCUT2D eigenvalue weighted by Crippen LogP contribution is -2.15. The topological polar surface area (TPSA) is 71.1 Å². The van der Waals surface area contributed by atoms with Gasteiger partial charge in [-0.1, -0.05) is 77.4 Å². The second-order valence-corrected chi connectivity index (χ2v) is 9.62. The van der Waals surface area contributed by atoms with E-state index in [4.69, 9.17) is 14.2 Å². The Balaban J connectivity index is 2.36. The molecule has 0 saturated heterocycles. The summed E-state index contributed by atoms with van der Waals surface area (Å²) in [5, 5.41) is 0. The van der Waals surface area contributed by atoms with Crippen molar-refractivity contribution < 1.29 is 28.5 Å². The molecule has 1 rings (SSSR count). The minimum absolute atomic E-state index is 0.284. The Hall–Kier alpha value is -2.76. The van der Waals surface area contributed by atoms with Crippen LogP contribution in [0.15, 0.2) is 36.4 Å². The Morgan fingerprint density at radius 2 is 1.57 bits per heavy atom. The number of rotatable bonds is 21. The number of hydrogen-bond acceptors (Lipinski definition) is 6. The van der Waals surface area contributed by atoms with E-state index in [0.29, 0.717) is 36.2 Å². The van der Waals surface area contributed by atoms with Crippen LogP contribution in [0.1, 0.15) is 96.5 Å². The van der Waals surface area contributed by atoms with Crippen molar-refractivity contribution in [2.24, 2.45) is 5.92 Å². The molecule has 208 valence electrons. The van der Waals surface area contributed by atoms with Crippen LogP contribution >= 0.6 is 0 Å². The second kappa shape index (κ2) is 20.3. The van der Waals surface area contributed by atoms with E-state index in [0.717, 1.165) is 44.1 Å². The third-order valence-electron chi connectivity index (χ3n) is 6.33. The van der Waals surface area contributed by atoms with E-state index in [1.807, 2.05) is 18.2 Å². The van der Waals surface area contributed by atoms with Gasteiger partial charge in [-0.2, -0.15) is 0 Å². The smallest absolute Gasteiger partial charge is 0.333 e. The number of unbranched alkanes of at least 4 members (excludes halogenated alkanes) is 8. The average Bonchev–Trinajstić information content (AvgIpc) is 2.90. The van der Waals surface area contributed by atoms with Crippen LogP contribution < -0.4 is 9.47 Å². The van der Waals surface area contributed by atoms with Gasteiger partial charge < -0.3 is 18.9 Å². The molecule has 0 bridgehead atoms. The summed E-state index contributed by atoms with van der Waals surface area (Å²) >= 11 is 0. The lowest BCUT2D eigenvalue weighted by Gasteiger charge is -2.17. The van der Waals surface area contributed by atoms with Crippen molar-refractivity contribution in [2.45, 2.75) is 90.9 Å². The van der Waals surface area contributed by atoms with E-state index in [-0.39, 0.29) is 5.97 Å². The van der Waals surface area contributed by atoms with Crippen molar-refractivity contribution in [3.05, 3.63) is 42.0 Å². The van der Waals surface area contributed by atoms with Gasteiger partial charge in [0.2, 0.25) is 0 Å². The molecular formula is C31H48O6. The van der Waals surface area contributed by atoms with Crippen molar-refractivity contribution in [2.75, 3.05) is 27.4 Å². The number of carbonyl (C=O) groups is 2. The van der Waals surface area contributed by atoms with Crippen LogP contribution in [-0.4, -0.2) is 39.4 Å². The molecule has 0 aliphatic heterocycles. The van der Waals surface area contributed by atoms with E-state index in [9.17, 15) is 9.59 Å². The quantitative estimate of drug-likeness (QED) is 0.0947. The number of carbonyl (C=O) groups excluding carboxylic acids is 2. The van der Waals surface area contributed by atoms with Crippen LogP contribution in [0.3, 0.4) is 0 Å². The first-order valence-corrected chi connectivity index (χ1v) is 13.8. The van der Waals surface area contributed by atoms with Gasteiger partial charge in [-0.25, -0.2) is 9.59 Å². The largest absolute Gasteiger partial charge is 0.493 e. The summed E-state index contributed by atoms with van der Waals surface area (Å²) in [6, 6.07) is 5.57. The number of methoxy groups -OCH3 is 2. The number of hydrogen-bond donors (Lipinski definition) is 0. The van der Waals surface area contributed by atoms with Crippen molar-refractivity contribution in [1.29, 1.82) is 0 Å². The summed E-state index contributed by atoms with van der Waals surface area (Å²) in [4.78, 5) is 23.1. The molecule has 0 N–H and O–H groups in total. The maximum Gasteiger partial charge on any atom is 0.333 e. The lowest BCUT2D eigenvalue weighted by molar-refractivity contribution is -0.140. The maximum atomic E-state index is 11.8. The van der Waals surface area contributed by atoms with Crippen LogP contribution in [0.4, 0.5) is 0 Å². The average molecular weight is 517 g/mol. The molecule has 0 amide bonds. The van der Waals surface area contributed by atoms with E-state index < -0.39 is 5.97 Å². The van der Waals surface area contributed by atoms with Crippen molar-refractivity contribution in [3.63, 3.8) is 0 Å². The molecule has 0 radical (unpaired) electrons. The third kappa shape index (κ3) is 15.2. The summed E-state index contributed by atoms with van der Waals surface area (Å²) in [7, 11) is 2.95. The van der Waals surface area contributed by atoms with Crippen LogP contribution in [0.2, 0.25) is 0 Å². The summed E-state index contributed by atoms with van der Waals surface area (Å²) in [6.07, 6.45) is 17.2. The lowest BCUT2D eigenvalue weighted by atomic mass is 9.95. The highest BCUT2D eigenvalue weighted by Crippen LogP contribution is 2.29. The molecule has 1 atom stereocenters. The minimum atomic E-state index is -0.402. The Morgan fingerprint density at radius 3 is 2.19 bits per heavy atom. The van der Waals surface area contributed by atoms with Gasteiger partial charge in [0.1, 0.15) is 0 Å². The Morgan fingerprint density at radius 1 is 0.919 bits per heavy atom.